The van der Waals surface area contributed by atoms with Gasteiger partial charge in [-0.2, -0.15) is 0 Å². The highest BCUT2D eigenvalue weighted by Crippen LogP contribution is 2.32. The summed E-state index contributed by atoms with van der Waals surface area (Å²) in [6, 6.07) is 8.14. The topological polar surface area (TPSA) is 134 Å². The van der Waals surface area contributed by atoms with Crippen molar-refractivity contribution in [1.82, 2.24) is 0 Å². The third-order valence-electron chi connectivity index (χ3n) is 4.99. The first-order valence-electron chi connectivity index (χ1n) is 10.2. The van der Waals surface area contributed by atoms with Crippen LogP contribution in [-0.2, 0) is 14.8 Å². The number of carbonyl (C=O) groups excluding carboxylic acids is 1. The quantitative estimate of drug-likeness (QED) is 0.434. The number of rotatable bonds is 8. The van der Waals surface area contributed by atoms with Gasteiger partial charge in [-0.15, -0.1) is 13.2 Å². The number of aliphatic hydroxyl groups excluding tert-OH is 2. The van der Waals surface area contributed by atoms with Gasteiger partial charge in [0.2, 0.25) is 5.91 Å². The van der Waals surface area contributed by atoms with Crippen LogP contribution >= 0.6 is 0 Å². The number of amides is 1. The van der Waals surface area contributed by atoms with Gasteiger partial charge < -0.3 is 25.0 Å². The second-order valence-electron chi connectivity index (χ2n) is 7.57. The molecule has 0 spiro atoms. The van der Waals surface area contributed by atoms with Crippen molar-refractivity contribution in [3.63, 3.8) is 0 Å². The summed E-state index contributed by atoms with van der Waals surface area (Å²) < 4.78 is 74.5. The highest BCUT2D eigenvalue weighted by atomic mass is 32.2. The Balaban J connectivity index is 1.80. The Morgan fingerprint density at radius 1 is 1.09 bits per heavy atom. The summed E-state index contributed by atoms with van der Waals surface area (Å²) in [6.07, 6.45) is -6.73. The monoisotopic (exact) mass is 504 g/mol. The van der Waals surface area contributed by atoms with Gasteiger partial charge in [-0.3, -0.25) is 9.52 Å². The van der Waals surface area contributed by atoms with Crippen LogP contribution in [0.2, 0.25) is 0 Å². The maximum atomic E-state index is 12.9. The first-order valence-corrected chi connectivity index (χ1v) is 11.7. The zero-order valence-corrected chi connectivity index (χ0v) is 18.7. The average Bonchev–Trinajstić information content (AvgIpc) is 3.05. The highest BCUT2D eigenvalue weighted by Gasteiger charge is 2.36. The number of ether oxygens (including phenoxy) is 2. The number of benzene rings is 2. The van der Waals surface area contributed by atoms with Gasteiger partial charge >= 0.3 is 6.36 Å². The van der Waals surface area contributed by atoms with E-state index in [1.165, 1.54) is 30.3 Å². The number of nitrogens with one attached hydrogen (secondary N) is 2. The van der Waals surface area contributed by atoms with Crippen molar-refractivity contribution in [1.29, 1.82) is 0 Å². The molecule has 1 amide bonds. The maximum absolute atomic E-state index is 12.9. The molecule has 4 N–H and O–H groups in total. The van der Waals surface area contributed by atoms with E-state index >= 15 is 0 Å². The number of hydrogen-bond donors (Lipinski definition) is 4. The van der Waals surface area contributed by atoms with Crippen molar-refractivity contribution in [2.24, 2.45) is 5.92 Å². The van der Waals surface area contributed by atoms with Crippen LogP contribution < -0.4 is 19.5 Å². The number of alkyl halides is 3. The van der Waals surface area contributed by atoms with Crippen LogP contribution in [0, 0.1) is 5.92 Å². The highest BCUT2D eigenvalue weighted by molar-refractivity contribution is 7.92. The van der Waals surface area contributed by atoms with Crippen LogP contribution in [0.3, 0.4) is 0 Å². The van der Waals surface area contributed by atoms with Gasteiger partial charge in [-0.25, -0.2) is 8.42 Å². The third-order valence-corrected chi connectivity index (χ3v) is 6.41. The summed E-state index contributed by atoms with van der Waals surface area (Å²) in [7, 11) is -4.29. The minimum absolute atomic E-state index is 0.0931. The summed E-state index contributed by atoms with van der Waals surface area (Å²) in [5, 5.41) is 21.9. The second-order valence-corrected chi connectivity index (χ2v) is 9.22. The van der Waals surface area contributed by atoms with Crippen molar-refractivity contribution < 1.29 is 46.1 Å². The maximum Gasteiger partial charge on any atom is 0.573 e. The zero-order valence-electron chi connectivity index (χ0n) is 17.9. The molecule has 1 aliphatic rings. The molecule has 0 bridgehead atoms. The molecule has 34 heavy (non-hydrogen) atoms. The van der Waals surface area contributed by atoms with E-state index in [0.717, 1.165) is 12.1 Å². The summed E-state index contributed by atoms with van der Waals surface area (Å²) in [5.41, 5.74) is 0.0591. The van der Waals surface area contributed by atoms with Gasteiger partial charge in [0.25, 0.3) is 10.0 Å². The van der Waals surface area contributed by atoms with Gasteiger partial charge in [0, 0.05) is 23.7 Å². The van der Waals surface area contributed by atoms with E-state index in [9.17, 15) is 36.6 Å². The van der Waals surface area contributed by atoms with Crippen LogP contribution in [0.5, 0.6) is 11.5 Å². The predicted octanol–water partition coefficient (Wildman–Crippen LogP) is 2.86. The van der Waals surface area contributed by atoms with Gasteiger partial charge in [-0.05, 0) is 44.0 Å². The minimum atomic E-state index is -4.94. The van der Waals surface area contributed by atoms with Crippen molar-refractivity contribution in [2.45, 2.75) is 43.2 Å². The SMILES string of the molecule is CCOc1cc(NC(=O)C2C[C@@H](O)[C@@H](O)C2)ccc1S(=O)(=O)Nc1cccc(OC(F)(F)F)c1. The molecule has 0 aliphatic heterocycles. The first kappa shape index (κ1) is 25.6. The smallest absolute Gasteiger partial charge is 0.492 e. The van der Waals surface area contributed by atoms with Gasteiger partial charge in [-0.1, -0.05) is 6.07 Å². The van der Waals surface area contributed by atoms with E-state index in [4.69, 9.17) is 4.74 Å². The number of aliphatic hydroxyl groups is 2. The van der Waals surface area contributed by atoms with Gasteiger partial charge in [0.05, 0.1) is 24.5 Å². The van der Waals surface area contributed by atoms with E-state index in [1.54, 1.807) is 6.92 Å². The van der Waals surface area contributed by atoms with Gasteiger partial charge in [0.15, 0.2) is 0 Å². The fourth-order valence-electron chi connectivity index (χ4n) is 3.49. The molecule has 1 aliphatic carbocycles. The molecule has 0 heterocycles. The van der Waals surface area contributed by atoms with Crippen molar-refractivity contribution >= 4 is 27.3 Å². The number of carbonyl (C=O) groups is 1. The van der Waals surface area contributed by atoms with Crippen molar-refractivity contribution in [3.8, 4) is 11.5 Å². The molecule has 0 aromatic heterocycles. The molecular weight excluding hydrogens is 481 g/mol. The van der Waals surface area contributed by atoms with E-state index in [1.807, 2.05) is 0 Å². The minimum Gasteiger partial charge on any atom is -0.492 e. The third kappa shape index (κ3) is 6.52. The Morgan fingerprint density at radius 2 is 1.76 bits per heavy atom. The fraction of sp³-hybridized carbons (Fsp3) is 0.381. The number of hydrogen-bond acceptors (Lipinski definition) is 7. The Bertz CT molecular complexity index is 1130. The van der Waals surface area contributed by atoms with Crippen LogP contribution in [0.1, 0.15) is 19.8 Å². The molecule has 13 heteroatoms. The summed E-state index contributed by atoms with van der Waals surface area (Å²) in [6.45, 7) is 1.71. The lowest BCUT2D eigenvalue weighted by Gasteiger charge is -2.16. The summed E-state index contributed by atoms with van der Waals surface area (Å²) >= 11 is 0. The van der Waals surface area contributed by atoms with Gasteiger partial charge in [0.1, 0.15) is 16.4 Å². The van der Waals surface area contributed by atoms with E-state index in [0.29, 0.717) is 0 Å². The summed E-state index contributed by atoms with van der Waals surface area (Å²) in [4.78, 5) is 12.1. The Kier molecular flexibility index (Phi) is 7.58. The molecule has 3 rings (SSSR count). The molecular formula is C21H23F3N2O7S. The predicted molar refractivity (Wildman–Crippen MR) is 115 cm³/mol. The lowest BCUT2D eigenvalue weighted by Crippen LogP contribution is -2.21. The van der Waals surface area contributed by atoms with Crippen LogP contribution in [0.4, 0.5) is 24.5 Å². The summed E-state index contributed by atoms with van der Waals surface area (Å²) in [5.74, 6) is -1.76. The molecule has 1 fully saturated rings. The van der Waals surface area contributed by atoms with Crippen molar-refractivity contribution in [3.05, 3.63) is 42.5 Å². The largest absolute Gasteiger partial charge is 0.573 e. The standard InChI is InChI=1S/C21H23F3N2O7S/c1-2-32-18-11-13(25-20(29)12-8-16(27)17(28)9-12)6-7-19(18)34(30,31)26-14-4-3-5-15(10-14)33-21(22,23)24/h3-7,10-12,16-17,26-28H,2,8-9H2,1H3,(H,25,29)/t12?,16-,17+. The molecule has 1 unspecified atom stereocenters. The average molecular weight is 504 g/mol. The number of halogens is 3. The fourth-order valence-corrected chi connectivity index (χ4v) is 4.67. The Morgan fingerprint density at radius 3 is 2.38 bits per heavy atom. The molecule has 1 saturated carbocycles. The Labute approximate surface area is 193 Å². The van der Waals surface area contributed by atoms with Crippen LogP contribution in [0.25, 0.3) is 0 Å². The van der Waals surface area contributed by atoms with E-state index in [2.05, 4.69) is 14.8 Å². The van der Waals surface area contributed by atoms with E-state index in [-0.39, 0.29) is 41.5 Å². The second kappa shape index (κ2) is 10.1. The lowest BCUT2D eigenvalue weighted by atomic mass is 10.1. The molecule has 186 valence electrons. The first-order chi connectivity index (χ1) is 15.9. The normalized spacial score (nSPS) is 20.6. The van der Waals surface area contributed by atoms with Crippen molar-refractivity contribution in [2.75, 3.05) is 16.6 Å². The Hall–Kier alpha value is -3.03. The lowest BCUT2D eigenvalue weighted by molar-refractivity contribution is -0.274. The number of sulfonamides is 1. The molecule has 3 atom stereocenters. The molecule has 2 aromatic rings. The van der Waals surface area contributed by atoms with Crippen LogP contribution in [0.15, 0.2) is 47.4 Å². The van der Waals surface area contributed by atoms with E-state index < -0.39 is 46.2 Å². The molecule has 9 nitrogen and oxygen atoms in total. The molecule has 0 radical (unpaired) electrons. The number of anilines is 2. The van der Waals surface area contributed by atoms with Crippen LogP contribution in [-0.4, -0.2) is 49.7 Å². The molecule has 0 saturated heterocycles. The molecule has 2 aromatic carbocycles. The zero-order chi connectivity index (χ0) is 25.1.